The van der Waals surface area contributed by atoms with Crippen LogP contribution in [0.5, 0.6) is 5.75 Å². The van der Waals surface area contributed by atoms with Crippen LogP contribution in [0.15, 0.2) is 70.7 Å². The molecule has 0 fully saturated rings. The van der Waals surface area contributed by atoms with E-state index in [0.29, 0.717) is 26.3 Å². The van der Waals surface area contributed by atoms with Crippen LogP contribution in [0.1, 0.15) is 27.0 Å². The number of nitrogens with one attached hydrogen (secondary N) is 1. The van der Waals surface area contributed by atoms with Crippen molar-refractivity contribution in [3.63, 3.8) is 0 Å². The van der Waals surface area contributed by atoms with E-state index < -0.39 is 11.9 Å². The highest BCUT2D eigenvalue weighted by Crippen LogP contribution is 2.28. The highest BCUT2D eigenvalue weighted by atomic mass is 79.9. The lowest BCUT2D eigenvalue weighted by Gasteiger charge is -2.11. The van der Waals surface area contributed by atoms with Crippen LogP contribution in [0.3, 0.4) is 0 Å². The van der Waals surface area contributed by atoms with Gasteiger partial charge in [0, 0.05) is 10.0 Å². The SMILES string of the molecule is Cc1ccc(C(=O)Oc2ccc(Br)cc2/C=C(\C#N)C(=O)Nc2c(C)cccc2Cl)cc1. The highest BCUT2D eigenvalue weighted by molar-refractivity contribution is 9.10. The molecule has 1 amide bonds. The van der Waals surface area contributed by atoms with Crippen molar-refractivity contribution in [1.82, 2.24) is 0 Å². The van der Waals surface area contributed by atoms with Gasteiger partial charge in [-0.2, -0.15) is 5.26 Å². The summed E-state index contributed by atoms with van der Waals surface area (Å²) in [6, 6.07) is 19.0. The van der Waals surface area contributed by atoms with E-state index in [9.17, 15) is 14.9 Å². The number of benzene rings is 3. The first-order chi connectivity index (χ1) is 15.3. The molecule has 0 heterocycles. The van der Waals surface area contributed by atoms with Gasteiger partial charge in [-0.3, -0.25) is 4.79 Å². The third-order valence-corrected chi connectivity index (χ3v) is 5.40. The third kappa shape index (κ3) is 5.64. The van der Waals surface area contributed by atoms with Crippen LogP contribution in [0, 0.1) is 25.2 Å². The minimum Gasteiger partial charge on any atom is -0.422 e. The number of nitrogens with zero attached hydrogens (tertiary/aromatic N) is 1. The van der Waals surface area contributed by atoms with Gasteiger partial charge < -0.3 is 10.1 Å². The number of nitriles is 1. The molecule has 0 radical (unpaired) electrons. The summed E-state index contributed by atoms with van der Waals surface area (Å²) in [4.78, 5) is 25.3. The maximum absolute atomic E-state index is 12.7. The summed E-state index contributed by atoms with van der Waals surface area (Å²) < 4.78 is 6.23. The number of carbonyl (C=O) groups is 2. The molecule has 1 N–H and O–H groups in total. The number of aryl methyl sites for hydroxylation is 2. The van der Waals surface area contributed by atoms with Gasteiger partial charge >= 0.3 is 5.97 Å². The summed E-state index contributed by atoms with van der Waals surface area (Å²) in [5, 5.41) is 12.6. The van der Waals surface area contributed by atoms with Crippen LogP contribution in [0.2, 0.25) is 5.02 Å². The van der Waals surface area contributed by atoms with Crippen molar-refractivity contribution < 1.29 is 14.3 Å². The molecule has 0 atom stereocenters. The Morgan fingerprint density at radius 2 is 1.81 bits per heavy atom. The molecule has 0 saturated carbocycles. The molecule has 5 nitrogen and oxygen atoms in total. The van der Waals surface area contributed by atoms with Crippen LogP contribution in [-0.2, 0) is 4.79 Å². The predicted molar refractivity (Wildman–Crippen MR) is 129 cm³/mol. The average Bonchev–Trinajstić information content (AvgIpc) is 2.76. The van der Waals surface area contributed by atoms with Gasteiger partial charge in [0.1, 0.15) is 17.4 Å². The summed E-state index contributed by atoms with van der Waals surface area (Å²) in [6.07, 6.45) is 1.37. The van der Waals surface area contributed by atoms with E-state index in [1.807, 2.05) is 25.1 Å². The van der Waals surface area contributed by atoms with Crippen LogP contribution in [0.4, 0.5) is 5.69 Å². The Hall–Kier alpha value is -3.40. The fourth-order valence-electron chi connectivity index (χ4n) is 2.85. The number of ether oxygens (including phenoxy) is 1. The van der Waals surface area contributed by atoms with Gasteiger partial charge in [0.15, 0.2) is 0 Å². The Labute approximate surface area is 199 Å². The van der Waals surface area contributed by atoms with Gasteiger partial charge in [0.25, 0.3) is 5.91 Å². The van der Waals surface area contributed by atoms with E-state index in [0.717, 1.165) is 11.1 Å². The van der Waals surface area contributed by atoms with Crippen molar-refractivity contribution in [1.29, 1.82) is 5.26 Å². The molecule has 0 saturated heterocycles. The standard InChI is InChI=1S/C25H18BrClN2O3/c1-15-6-8-17(9-7-15)25(31)32-22-11-10-20(26)13-18(22)12-19(14-28)24(30)29-23-16(2)4-3-5-21(23)27/h3-13H,1-2H3,(H,29,30)/b19-12+. The molecule has 160 valence electrons. The zero-order valence-electron chi connectivity index (χ0n) is 17.3. The highest BCUT2D eigenvalue weighted by Gasteiger charge is 2.16. The van der Waals surface area contributed by atoms with E-state index in [-0.39, 0.29) is 11.3 Å². The van der Waals surface area contributed by atoms with E-state index in [2.05, 4.69) is 21.2 Å². The monoisotopic (exact) mass is 508 g/mol. The molecule has 0 aliphatic rings. The molecule has 0 aromatic heterocycles. The Bertz CT molecular complexity index is 1240. The Morgan fingerprint density at radius 3 is 2.47 bits per heavy atom. The van der Waals surface area contributed by atoms with Gasteiger partial charge in [-0.1, -0.05) is 57.4 Å². The minimum absolute atomic E-state index is 0.171. The first-order valence-corrected chi connectivity index (χ1v) is 10.7. The second kappa shape index (κ2) is 10.3. The normalized spacial score (nSPS) is 10.9. The summed E-state index contributed by atoms with van der Waals surface area (Å²) in [5.74, 6) is -0.954. The molecule has 3 rings (SSSR count). The zero-order valence-corrected chi connectivity index (χ0v) is 19.6. The molecule has 3 aromatic rings. The summed E-state index contributed by atoms with van der Waals surface area (Å²) in [5.41, 5.74) is 2.82. The number of hydrogen-bond donors (Lipinski definition) is 1. The van der Waals surface area contributed by atoms with Crippen LogP contribution in [-0.4, -0.2) is 11.9 Å². The second-order valence-corrected chi connectivity index (χ2v) is 8.32. The predicted octanol–water partition coefficient (Wildman–Crippen LogP) is 6.48. The van der Waals surface area contributed by atoms with Crippen molar-refractivity contribution in [2.75, 3.05) is 5.32 Å². The van der Waals surface area contributed by atoms with Crippen molar-refractivity contribution in [3.8, 4) is 11.8 Å². The molecule has 32 heavy (non-hydrogen) atoms. The largest absolute Gasteiger partial charge is 0.422 e. The fraction of sp³-hybridized carbons (Fsp3) is 0.0800. The molecule has 0 spiro atoms. The first kappa shape index (κ1) is 23.3. The number of halogens is 2. The zero-order chi connectivity index (χ0) is 23.3. The molecular formula is C25H18BrClN2O3. The van der Waals surface area contributed by atoms with Crippen molar-refractivity contribution in [3.05, 3.63) is 98.0 Å². The number of esters is 1. The van der Waals surface area contributed by atoms with Gasteiger partial charge in [0.05, 0.1) is 16.3 Å². The number of carbonyl (C=O) groups excluding carboxylic acids is 2. The second-order valence-electron chi connectivity index (χ2n) is 6.99. The van der Waals surface area contributed by atoms with Crippen molar-refractivity contribution in [2.45, 2.75) is 13.8 Å². The molecule has 0 unspecified atom stereocenters. The van der Waals surface area contributed by atoms with Crippen molar-refractivity contribution >= 4 is 51.2 Å². The van der Waals surface area contributed by atoms with E-state index >= 15 is 0 Å². The molecule has 0 bridgehead atoms. The number of hydrogen-bond acceptors (Lipinski definition) is 4. The van der Waals surface area contributed by atoms with Gasteiger partial charge in [-0.25, -0.2) is 4.79 Å². The Morgan fingerprint density at radius 1 is 1.09 bits per heavy atom. The summed E-state index contributed by atoms with van der Waals surface area (Å²) in [7, 11) is 0. The smallest absolute Gasteiger partial charge is 0.343 e. The lowest BCUT2D eigenvalue weighted by atomic mass is 10.1. The molecular weight excluding hydrogens is 492 g/mol. The average molecular weight is 510 g/mol. The van der Waals surface area contributed by atoms with Gasteiger partial charge in [0.2, 0.25) is 0 Å². The quantitative estimate of drug-likeness (QED) is 0.185. The summed E-state index contributed by atoms with van der Waals surface area (Å²) in [6.45, 7) is 3.72. The minimum atomic E-state index is -0.625. The van der Waals surface area contributed by atoms with Crippen LogP contribution >= 0.6 is 27.5 Å². The van der Waals surface area contributed by atoms with E-state index in [4.69, 9.17) is 16.3 Å². The maximum Gasteiger partial charge on any atom is 0.343 e. The van der Waals surface area contributed by atoms with E-state index in [1.54, 1.807) is 55.5 Å². The van der Waals surface area contributed by atoms with Gasteiger partial charge in [-0.05, 0) is 61.9 Å². The van der Waals surface area contributed by atoms with Crippen LogP contribution < -0.4 is 10.1 Å². The third-order valence-electron chi connectivity index (χ3n) is 4.59. The number of para-hydroxylation sites is 1. The maximum atomic E-state index is 12.7. The molecule has 7 heteroatoms. The first-order valence-electron chi connectivity index (χ1n) is 9.55. The summed E-state index contributed by atoms with van der Waals surface area (Å²) >= 11 is 9.54. The molecule has 0 aliphatic heterocycles. The Balaban J connectivity index is 1.91. The lowest BCUT2D eigenvalue weighted by Crippen LogP contribution is -2.15. The van der Waals surface area contributed by atoms with Crippen LogP contribution in [0.25, 0.3) is 6.08 Å². The number of anilines is 1. The van der Waals surface area contributed by atoms with E-state index in [1.165, 1.54) is 6.08 Å². The Kier molecular flexibility index (Phi) is 7.47. The fourth-order valence-corrected chi connectivity index (χ4v) is 3.50. The molecule has 3 aromatic carbocycles. The number of amides is 1. The topological polar surface area (TPSA) is 79.2 Å². The molecule has 0 aliphatic carbocycles. The lowest BCUT2D eigenvalue weighted by molar-refractivity contribution is -0.112. The van der Waals surface area contributed by atoms with Gasteiger partial charge in [-0.15, -0.1) is 0 Å². The van der Waals surface area contributed by atoms with Crippen molar-refractivity contribution in [2.24, 2.45) is 0 Å². The number of rotatable bonds is 5.